The molecule has 3 heterocycles. The molecule has 144 valence electrons. The van der Waals surface area contributed by atoms with Crippen LogP contribution in [0.5, 0.6) is 0 Å². The molecule has 0 atom stereocenters. The summed E-state index contributed by atoms with van der Waals surface area (Å²) in [7, 11) is -3.62. The van der Waals surface area contributed by atoms with Crippen LogP contribution in [0.3, 0.4) is 0 Å². The van der Waals surface area contributed by atoms with E-state index in [0.717, 1.165) is 0 Å². The minimum Gasteiger partial charge on any atom is -0.338 e. The number of rotatable bonds is 5. The van der Waals surface area contributed by atoms with E-state index in [0.29, 0.717) is 61.9 Å². The van der Waals surface area contributed by atoms with Gasteiger partial charge in [0.05, 0.1) is 22.5 Å². The van der Waals surface area contributed by atoms with Crippen LogP contribution in [0.15, 0.2) is 32.4 Å². The molecule has 2 N–H and O–H groups in total. The van der Waals surface area contributed by atoms with Gasteiger partial charge in [0, 0.05) is 32.6 Å². The van der Waals surface area contributed by atoms with E-state index in [1.54, 1.807) is 6.07 Å². The number of aromatic nitrogens is 4. The number of hydrogen-bond donors (Lipinski definition) is 2. The Morgan fingerprint density at radius 2 is 1.89 bits per heavy atom. The molecule has 0 spiro atoms. The van der Waals surface area contributed by atoms with Crippen molar-refractivity contribution in [1.82, 2.24) is 29.3 Å². The van der Waals surface area contributed by atoms with Crippen molar-refractivity contribution < 1.29 is 12.9 Å². The number of hydrogen-bond acceptors (Lipinski definition) is 7. The summed E-state index contributed by atoms with van der Waals surface area (Å²) in [4.78, 5) is 23.1. The molecule has 1 aromatic carbocycles. The fourth-order valence-corrected chi connectivity index (χ4v) is 4.59. The van der Waals surface area contributed by atoms with Gasteiger partial charge in [0.1, 0.15) is 0 Å². The van der Waals surface area contributed by atoms with Gasteiger partial charge in [-0.1, -0.05) is 12.1 Å². The monoisotopic (exact) mass is 392 g/mol. The highest BCUT2D eigenvalue weighted by Gasteiger charge is 2.29. The van der Waals surface area contributed by atoms with E-state index in [9.17, 15) is 13.2 Å². The summed E-state index contributed by atoms with van der Waals surface area (Å²) in [6.45, 7) is 4.37. The molecule has 4 rings (SSSR count). The van der Waals surface area contributed by atoms with E-state index in [1.165, 1.54) is 16.4 Å². The second-order valence-corrected chi connectivity index (χ2v) is 8.36. The van der Waals surface area contributed by atoms with Crippen LogP contribution in [0.2, 0.25) is 0 Å². The highest BCUT2D eigenvalue weighted by molar-refractivity contribution is 7.89. The van der Waals surface area contributed by atoms with Gasteiger partial charge >= 0.3 is 5.69 Å². The lowest BCUT2D eigenvalue weighted by atomic mass is 10.3. The van der Waals surface area contributed by atoms with Crippen LogP contribution >= 0.6 is 0 Å². The van der Waals surface area contributed by atoms with E-state index in [2.05, 4.69) is 25.0 Å². The zero-order valence-electron chi connectivity index (χ0n) is 14.8. The smallest absolute Gasteiger partial charge is 0.323 e. The summed E-state index contributed by atoms with van der Waals surface area (Å²) in [5.41, 5.74) is 0.693. The number of sulfonamides is 1. The molecule has 0 unspecified atom stereocenters. The van der Waals surface area contributed by atoms with Crippen molar-refractivity contribution in [2.45, 2.75) is 24.8 Å². The molecule has 0 bridgehead atoms. The Kier molecular flexibility index (Phi) is 4.58. The Morgan fingerprint density at radius 3 is 2.59 bits per heavy atom. The normalized spacial score (nSPS) is 16.9. The third-order valence-corrected chi connectivity index (χ3v) is 6.54. The fraction of sp³-hybridized carbons (Fsp3) is 0.438. The quantitative estimate of drug-likeness (QED) is 0.639. The Hall–Kier alpha value is -2.50. The Balaban J connectivity index is 1.44. The number of aromatic amines is 2. The molecule has 11 heteroatoms. The largest absolute Gasteiger partial charge is 0.338 e. The highest BCUT2D eigenvalue weighted by atomic mass is 32.2. The molecule has 1 aliphatic rings. The summed E-state index contributed by atoms with van der Waals surface area (Å²) in [6.07, 6.45) is 0.715. The van der Waals surface area contributed by atoms with Crippen LogP contribution in [-0.2, 0) is 23.0 Å². The van der Waals surface area contributed by atoms with Gasteiger partial charge in [0.2, 0.25) is 15.9 Å². The first kappa shape index (κ1) is 17.9. The zero-order valence-corrected chi connectivity index (χ0v) is 15.6. The maximum Gasteiger partial charge on any atom is 0.323 e. The van der Waals surface area contributed by atoms with Gasteiger partial charge < -0.3 is 14.5 Å². The van der Waals surface area contributed by atoms with Crippen molar-refractivity contribution in [1.29, 1.82) is 0 Å². The summed E-state index contributed by atoms with van der Waals surface area (Å²) < 4.78 is 32.5. The van der Waals surface area contributed by atoms with Gasteiger partial charge in [-0.15, -0.1) is 0 Å². The summed E-state index contributed by atoms with van der Waals surface area (Å²) in [6, 6.07) is 4.59. The van der Waals surface area contributed by atoms with Gasteiger partial charge in [-0.2, -0.15) is 9.29 Å². The number of nitrogens with one attached hydrogen (secondary N) is 2. The highest BCUT2D eigenvalue weighted by Crippen LogP contribution is 2.21. The summed E-state index contributed by atoms with van der Waals surface area (Å²) in [5.74, 6) is 1.22. The SMILES string of the molecule is CCc1noc(CN2CCN(S(=O)(=O)c3ccc4[nH]c(=O)[nH]c4c3)CC2)n1. The molecular formula is C16H20N6O4S. The van der Waals surface area contributed by atoms with Crippen LogP contribution in [-0.4, -0.2) is 63.9 Å². The Bertz CT molecular complexity index is 1110. The minimum absolute atomic E-state index is 0.170. The van der Waals surface area contributed by atoms with E-state index < -0.39 is 10.0 Å². The first-order valence-electron chi connectivity index (χ1n) is 8.72. The van der Waals surface area contributed by atoms with Crippen LogP contribution < -0.4 is 5.69 Å². The molecule has 3 aromatic rings. The molecule has 27 heavy (non-hydrogen) atoms. The minimum atomic E-state index is -3.62. The number of imidazole rings is 1. The van der Waals surface area contributed by atoms with Crippen LogP contribution in [0.25, 0.3) is 11.0 Å². The topological polar surface area (TPSA) is 128 Å². The molecule has 1 fully saturated rings. The number of aryl methyl sites for hydroxylation is 1. The molecule has 0 radical (unpaired) electrons. The second-order valence-electron chi connectivity index (χ2n) is 6.42. The van der Waals surface area contributed by atoms with Gasteiger partial charge in [-0.3, -0.25) is 4.90 Å². The number of H-pyrrole nitrogens is 2. The molecule has 1 saturated heterocycles. The maximum absolute atomic E-state index is 12.9. The van der Waals surface area contributed by atoms with Crippen LogP contribution in [0.1, 0.15) is 18.6 Å². The number of fused-ring (bicyclic) bond motifs is 1. The van der Waals surface area contributed by atoms with Crippen LogP contribution in [0.4, 0.5) is 0 Å². The Morgan fingerprint density at radius 1 is 1.15 bits per heavy atom. The van der Waals surface area contributed by atoms with E-state index in [1.807, 2.05) is 6.92 Å². The summed E-state index contributed by atoms with van der Waals surface area (Å²) in [5, 5.41) is 3.87. The molecule has 0 amide bonds. The van der Waals surface area contributed by atoms with Crippen molar-refractivity contribution in [2.75, 3.05) is 26.2 Å². The van der Waals surface area contributed by atoms with Gasteiger partial charge in [0.25, 0.3) is 0 Å². The average Bonchev–Trinajstić information content (AvgIpc) is 3.26. The van der Waals surface area contributed by atoms with Crippen molar-refractivity contribution in [2.24, 2.45) is 0 Å². The lowest BCUT2D eigenvalue weighted by Gasteiger charge is -2.33. The van der Waals surface area contributed by atoms with Crippen molar-refractivity contribution in [3.63, 3.8) is 0 Å². The maximum atomic E-state index is 12.9. The van der Waals surface area contributed by atoms with E-state index in [-0.39, 0.29) is 10.6 Å². The van der Waals surface area contributed by atoms with Crippen molar-refractivity contribution >= 4 is 21.1 Å². The number of nitrogens with zero attached hydrogens (tertiary/aromatic N) is 4. The third kappa shape index (κ3) is 3.53. The van der Waals surface area contributed by atoms with E-state index >= 15 is 0 Å². The first-order chi connectivity index (χ1) is 13.0. The fourth-order valence-electron chi connectivity index (χ4n) is 3.14. The van der Waals surface area contributed by atoms with E-state index in [4.69, 9.17) is 4.52 Å². The predicted molar refractivity (Wildman–Crippen MR) is 96.6 cm³/mol. The number of benzene rings is 1. The molecule has 0 saturated carbocycles. The summed E-state index contributed by atoms with van der Waals surface area (Å²) >= 11 is 0. The Labute approximate surface area is 155 Å². The zero-order chi connectivity index (χ0) is 19.0. The van der Waals surface area contributed by atoms with Gasteiger partial charge in [0.15, 0.2) is 5.82 Å². The first-order valence-corrected chi connectivity index (χ1v) is 10.2. The number of piperazine rings is 1. The lowest BCUT2D eigenvalue weighted by Crippen LogP contribution is -2.48. The third-order valence-electron chi connectivity index (χ3n) is 4.64. The van der Waals surface area contributed by atoms with Gasteiger partial charge in [-0.25, -0.2) is 13.2 Å². The van der Waals surface area contributed by atoms with Crippen LogP contribution in [0, 0.1) is 0 Å². The molecular weight excluding hydrogens is 372 g/mol. The standard InChI is InChI=1S/C16H20N6O4S/c1-2-14-19-15(26-20-14)10-21-5-7-22(8-6-21)27(24,25)11-3-4-12-13(9-11)18-16(23)17-12/h3-4,9H,2,5-8,10H2,1H3,(H2,17,18,23). The predicted octanol–water partition coefficient (Wildman–Crippen LogP) is 0.308. The lowest BCUT2D eigenvalue weighted by molar-refractivity contribution is 0.163. The van der Waals surface area contributed by atoms with Gasteiger partial charge in [-0.05, 0) is 18.2 Å². The molecule has 2 aromatic heterocycles. The van der Waals surface area contributed by atoms with Crippen molar-refractivity contribution in [3.05, 3.63) is 40.4 Å². The molecule has 1 aliphatic heterocycles. The average molecular weight is 392 g/mol. The second kappa shape index (κ2) is 6.91. The molecule has 10 nitrogen and oxygen atoms in total. The molecule has 0 aliphatic carbocycles. The van der Waals surface area contributed by atoms with Crippen molar-refractivity contribution in [3.8, 4) is 0 Å².